The molecule has 82 valence electrons. The van der Waals surface area contributed by atoms with Crippen molar-refractivity contribution in [1.29, 1.82) is 0 Å². The van der Waals surface area contributed by atoms with Gasteiger partial charge in [0.2, 0.25) is 5.78 Å². The highest BCUT2D eigenvalue weighted by molar-refractivity contribution is 6.10. The van der Waals surface area contributed by atoms with Gasteiger partial charge >= 0.3 is 6.43 Å². The van der Waals surface area contributed by atoms with Gasteiger partial charge in [0.25, 0.3) is 0 Å². The molecule has 0 aliphatic rings. The van der Waals surface area contributed by atoms with Gasteiger partial charge in [0.1, 0.15) is 0 Å². The fourth-order valence-corrected chi connectivity index (χ4v) is 1.78. The third-order valence-electron chi connectivity index (χ3n) is 2.61. The monoisotopic (exact) mass is 220 g/mol. The summed E-state index contributed by atoms with van der Waals surface area (Å²) in [6.07, 6.45) is -2.95. The van der Waals surface area contributed by atoms with Gasteiger partial charge in [0, 0.05) is 5.56 Å². The smallest absolute Gasteiger partial charge is 0.288 e. The second-order valence-corrected chi connectivity index (χ2v) is 3.64. The zero-order valence-corrected chi connectivity index (χ0v) is 8.71. The van der Waals surface area contributed by atoms with Crippen molar-refractivity contribution in [2.24, 2.45) is 0 Å². The minimum Gasteiger partial charge on any atom is -0.288 e. The van der Waals surface area contributed by atoms with Crippen LogP contribution in [0.2, 0.25) is 0 Å². The Morgan fingerprint density at radius 1 is 1.06 bits per heavy atom. The van der Waals surface area contributed by atoms with E-state index in [9.17, 15) is 13.6 Å². The zero-order chi connectivity index (χ0) is 11.7. The van der Waals surface area contributed by atoms with Crippen molar-refractivity contribution in [3.63, 3.8) is 0 Å². The quantitative estimate of drug-likeness (QED) is 0.707. The summed E-state index contributed by atoms with van der Waals surface area (Å²) >= 11 is 0. The van der Waals surface area contributed by atoms with Gasteiger partial charge in [-0.2, -0.15) is 0 Å². The van der Waals surface area contributed by atoms with Gasteiger partial charge in [-0.15, -0.1) is 0 Å². The molecule has 0 spiro atoms. The number of aryl methyl sites for hydroxylation is 1. The molecule has 0 N–H and O–H groups in total. The Bertz CT molecular complexity index is 547. The molecule has 2 aromatic rings. The fraction of sp³-hybridized carbons (Fsp3) is 0.154. The lowest BCUT2D eigenvalue weighted by Crippen LogP contribution is -2.10. The van der Waals surface area contributed by atoms with Crippen LogP contribution in [0.1, 0.15) is 15.9 Å². The second-order valence-electron chi connectivity index (χ2n) is 3.64. The van der Waals surface area contributed by atoms with Crippen molar-refractivity contribution < 1.29 is 13.6 Å². The molecule has 2 aromatic carbocycles. The summed E-state index contributed by atoms with van der Waals surface area (Å²) in [6, 6.07) is 10.2. The topological polar surface area (TPSA) is 17.1 Å². The van der Waals surface area contributed by atoms with Crippen LogP contribution in [0.25, 0.3) is 10.8 Å². The van der Waals surface area contributed by atoms with E-state index in [-0.39, 0.29) is 5.56 Å². The minimum atomic E-state index is -2.95. The molecular formula is C13H10F2O. The molecule has 0 amide bonds. The SMILES string of the molecule is Cc1ccc(C(=O)C(F)F)c2ccccc12. The first-order valence-corrected chi connectivity index (χ1v) is 4.92. The number of halogens is 2. The summed E-state index contributed by atoms with van der Waals surface area (Å²) in [7, 11) is 0. The molecular weight excluding hydrogens is 210 g/mol. The van der Waals surface area contributed by atoms with E-state index in [1.54, 1.807) is 18.2 Å². The highest BCUT2D eigenvalue weighted by Gasteiger charge is 2.19. The van der Waals surface area contributed by atoms with Crippen LogP contribution in [0, 0.1) is 6.92 Å². The molecule has 0 aliphatic heterocycles. The van der Waals surface area contributed by atoms with Gasteiger partial charge in [-0.1, -0.05) is 36.4 Å². The Balaban J connectivity index is 2.72. The molecule has 0 aromatic heterocycles. The number of benzene rings is 2. The van der Waals surface area contributed by atoms with E-state index < -0.39 is 12.2 Å². The number of hydrogen-bond donors (Lipinski definition) is 0. The van der Waals surface area contributed by atoms with Crippen molar-refractivity contribution in [3.8, 4) is 0 Å². The maximum Gasteiger partial charge on any atom is 0.300 e. The Morgan fingerprint density at radius 2 is 1.69 bits per heavy atom. The van der Waals surface area contributed by atoms with Crippen molar-refractivity contribution >= 4 is 16.6 Å². The van der Waals surface area contributed by atoms with E-state index >= 15 is 0 Å². The van der Waals surface area contributed by atoms with Crippen LogP contribution >= 0.6 is 0 Å². The van der Waals surface area contributed by atoms with E-state index in [0.717, 1.165) is 10.9 Å². The number of alkyl halides is 2. The predicted molar refractivity (Wildman–Crippen MR) is 59.0 cm³/mol. The molecule has 0 saturated carbocycles. The largest absolute Gasteiger partial charge is 0.300 e. The average molecular weight is 220 g/mol. The normalized spacial score (nSPS) is 11.0. The Morgan fingerprint density at radius 3 is 2.31 bits per heavy atom. The van der Waals surface area contributed by atoms with Crippen LogP contribution in [-0.2, 0) is 0 Å². The standard InChI is InChI=1S/C13H10F2O/c1-8-6-7-11(12(16)13(14)15)10-5-3-2-4-9(8)10/h2-7,13H,1H3. The molecule has 16 heavy (non-hydrogen) atoms. The molecule has 0 radical (unpaired) electrons. The fourth-order valence-electron chi connectivity index (χ4n) is 1.78. The summed E-state index contributed by atoms with van der Waals surface area (Å²) in [5.41, 5.74) is 1.07. The number of ketones is 1. The van der Waals surface area contributed by atoms with Gasteiger partial charge in [-0.05, 0) is 23.3 Å². The number of hydrogen-bond acceptors (Lipinski definition) is 1. The molecule has 0 unspecified atom stereocenters. The van der Waals surface area contributed by atoms with Crippen LogP contribution in [-0.4, -0.2) is 12.2 Å². The summed E-state index contributed by atoms with van der Waals surface area (Å²) in [5.74, 6) is -1.11. The van der Waals surface area contributed by atoms with Crippen molar-refractivity contribution in [3.05, 3.63) is 47.5 Å². The lowest BCUT2D eigenvalue weighted by atomic mass is 9.98. The number of rotatable bonds is 2. The van der Waals surface area contributed by atoms with Gasteiger partial charge in [-0.25, -0.2) is 8.78 Å². The second kappa shape index (κ2) is 4.00. The summed E-state index contributed by atoms with van der Waals surface area (Å²) in [5, 5.41) is 1.43. The van der Waals surface area contributed by atoms with Crippen LogP contribution in [0.3, 0.4) is 0 Å². The highest BCUT2D eigenvalue weighted by Crippen LogP contribution is 2.24. The van der Waals surface area contributed by atoms with Gasteiger partial charge < -0.3 is 0 Å². The summed E-state index contributed by atoms with van der Waals surface area (Å²) in [4.78, 5) is 11.3. The number of fused-ring (bicyclic) bond motifs is 1. The molecule has 0 heterocycles. The van der Waals surface area contributed by atoms with E-state index in [1.165, 1.54) is 6.07 Å². The maximum atomic E-state index is 12.4. The third-order valence-corrected chi connectivity index (χ3v) is 2.61. The first-order chi connectivity index (χ1) is 7.61. The first kappa shape index (κ1) is 10.7. The molecule has 0 atom stereocenters. The highest BCUT2D eigenvalue weighted by atomic mass is 19.3. The van der Waals surface area contributed by atoms with E-state index in [4.69, 9.17) is 0 Å². The van der Waals surface area contributed by atoms with Crippen molar-refractivity contribution in [2.75, 3.05) is 0 Å². The molecule has 2 rings (SSSR count). The summed E-state index contributed by atoms with van der Waals surface area (Å²) in [6.45, 7) is 1.89. The molecule has 3 heteroatoms. The Hall–Kier alpha value is -1.77. The lowest BCUT2D eigenvalue weighted by Gasteiger charge is -2.07. The van der Waals surface area contributed by atoms with Gasteiger partial charge in [0.15, 0.2) is 0 Å². The van der Waals surface area contributed by atoms with Crippen LogP contribution < -0.4 is 0 Å². The van der Waals surface area contributed by atoms with E-state index in [2.05, 4.69) is 0 Å². The number of Topliss-reactive ketones (excluding diaryl/α,β-unsaturated/α-hetero) is 1. The van der Waals surface area contributed by atoms with Crippen LogP contribution in [0.15, 0.2) is 36.4 Å². The maximum absolute atomic E-state index is 12.4. The molecule has 1 nitrogen and oxygen atoms in total. The first-order valence-electron chi connectivity index (χ1n) is 4.92. The predicted octanol–water partition coefficient (Wildman–Crippen LogP) is 3.60. The van der Waals surface area contributed by atoms with E-state index in [0.29, 0.717) is 5.39 Å². The molecule has 0 fully saturated rings. The Kier molecular flexibility index (Phi) is 2.69. The molecule has 0 saturated heterocycles. The lowest BCUT2D eigenvalue weighted by molar-refractivity contribution is 0.0680. The van der Waals surface area contributed by atoms with Crippen molar-refractivity contribution in [2.45, 2.75) is 13.3 Å². The number of carbonyl (C=O) groups excluding carboxylic acids is 1. The van der Waals surface area contributed by atoms with E-state index in [1.807, 2.05) is 19.1 Å². The Labute approximate surface area is 91.7 Å². The number of carbonyl (C=O) groups is 1. The van der Waals surface area contributed by atoms with Crippen LogP contribution in [0.5, 0.6) is 0 Å². The van der Waals surface area contributed by atoms with Crippen LogP contribution in [0.4, 0.5) is 8.78 Å². The zero-order valence-electron chi connectivity index (χ0n) is 8.71. The summed E-state index contributed by atoms with van der Waals surface area (Å²) < 4.78 is 24.8. The average Bonchev–Trinajstić information content (AvgIpc) is 2.29. The molecule has 0 bridgehead atoms. The third kappa shape index (κ3) is 1.69. The minimum absolute atomic E-state index is 0.0937. The van der Waals surface area contributed by atoms with Gasteiger partial charge in [0.05, 0.1) is 0 Å². The van der Waals surface area contributed by atoms with Gasteiger partial charge in [-0.3, -0.25) is 4.79 Å². The molecule has 0 aliphatic carbocycles. The van der Waals surface area contributed by atoms with Crippen molar-refractivity contribution in [1.82, 2.24) is 0 Å².